The van der Waals surface area contributed by atoms with Crippen LogP contribution in [0.3, 0.4) is 0 Å². The number of pyridine rings is 2. The normalized spacial score (nSPS) is 18.2. The lowest BCUT2D eigenvalue weighted by molar-refractivity contribution is -0.153. The standard InChI is InChI=1S/C26H34N6O3/c1-26(2,3)35-22(33)13-18-15-29-25(30-16-18)28-14-17-5-8-20(9-6-17)31-21-10-7-19-11-12-27-24(34-4)23(19)32-21/h7,10-12,15-17,20H,5-6,8-9,13-14H2,1-4H3,(H,31,32)(H,28,29,30)/t17-,20-. The summed E-state index contributed by atoms with van der Waals surface area (Å²) in [5.74, 6) is 2.26. The zero-order chi connectivity index (χ0) is 24.8. The maximum Gasteiger partial charge on any atom is 0.310 e. The van der Waals surface area contributed by atoms with E-state index in [9.17, 15) is 4.79 Å². The van der Waals surface area contributed by atoms with Crippen molar-refractivity contribution < 1.29 is 14.3 Å². The first kappa shape index (κ1) is 24.6. The highest BCUT2D eigenvalue weighted by atomic mass is 16.6. The van der Waals surface area contributed by atoms with E-state index < -0.39 is 5.60 Å². The van der Waals surface area contributed by atoms with Crippen LogP contribution in [0.1, 0.15) is 52.0 Å². The summed E-state index contributed by atoms with van der Waals surface area (Å²) in [4.78, 5) is 29.6. The maximum atomic E-state index is 12.0. The molecule has 9 nitrogen and oxygen atoms in total. The molecular formula is C26H34N6O3. The van der Waals surface area contributed by atoms with Crippen molar-refractivity contribution in [3.63, 3.8) is 0 Å². The smallest absolute Gasteiger partial charge is 0.310 e. The fourth-order valence-electron chi connectivity index (χ4n) is 4.29. The molecule has 2 N–H and O–H groups in total. The van der Waals surface area contributed by atoms with Crippen molar-refractivity contribution in [1.29, 1.82) is 0 Å². The molecule has 1 fully saturated rings. The number of nitrogens with one attached hydrogen (secondary N) is 2. The lowest BCUT2D eigenvalue weighted by Crippen LogP contribution is -2.29. The average molecular weight is 479 g/mol. The molecule has 0 radical (unpaired) electrons. The Bertz CT molecular complexity index is 1140. The van der Waals surface area contributed by atoms with Crippen molar-refractivity contribution in [1.82, 2.24) is 19.9 Å². The summed E-state index contributed by atoms with van der Waals surface area (Å²) in [6.45, 7) is 6.39. The topological polar surface area (TPSA) is 111 Å². The molecule has 0 bridgehead atoms. The third-order valence-electron chi connectivity index (χ3n) is 5.99. The number of hydrogen-bond donors (Lipinski definition) is 2. The minimum Gasteiger partial charge on any atom is -0.479 e. The molecule has 0 aromatic carbocycles. The number of rotatable bonds is 8. The van der Waals surface area contributed by atoms with E-state index in [1.807, 2.05) is 39.0 Å². The Hall–Kier alpha value is -3.49. The minimum absolute atomic E-state index is 0.171. The van der Waals surface area contributed by atoms with Crippen LogP contribution in [-0.2, 0) is 16.0 Å². The number of nitrogens with zero attached hydrogens (tertiary/aromatic N) is 4. The second kappa shape index (κ2) is 10.8. The molecule has 3 aromatic rings. The minimum atomic E-state index is -0.495. The van der Waals surface area contributed by atoms with Crippen LogP contribution < -0.4 is 15.4 Å². The Morgan fingerprint density at radius 1 is 1.06 bits per heavy atom. The van der Waals surface area contributed by atoms with Gasteiger partial charge in [-0.3, -0.25) is 4.79 Å². The van der Waals surface area contributed by atoms with E-state index in [4.69, 9.17) is 14.5 Å². The van der Waals surface area contributed by atoms with Crippen LogP contribution in [0.2, 0.25) is 0 Å². The van der Waals surface area contributed by atoms with Crippen LogP contribution in [0.15, 0.2) is 36.8 Å². The van der Waals surface area contributed by atoms with Crippen molar-refractivity contribution in [3.8, 4) is 5.88 Å². The molecule has 4 rings (SSSR count). The van der Waals surface area contributed by atoms with Gasteiger partial charge in [-0.2, -0.15) is 0 Å². The molecule has 1 aliphatic carbocycles. The number of carbonyl (C=O) groups excluding carboxylic acids is 1. The fraction of sp³-hybridized carbons (Fsp3) is 0.500. The SMILES string of the molecule is COc1nccc2ccc(N[C@H]3CC[C@H](CNc4ncc(CC(=O)OC(C)(C)C)cn4)CC3)nc12. The summed E-state index contributed by atoms with van der Waals surface area (Å²) in [7, 11) is 1.61. The Morgan fingerprint density at radius 3 is 2.49 bits per heavy atom. The molecule has 186 valence electrons. The number of ether oxygens (including phenoxy) is 2. The van der Waals surface area contributed by atoms with Crippen LogP contribution in [0, 0.1) is 5.92 Å². The number of hydrogen-bond acceptors (Lipinski definition) is 9. The summed E-state index contributed by atoms with van der Waals surface area (Å²) in [5, 5.41) is 7.93. The van der Waals surface area contributed by atoms with Gasteiger partial charge < -0.3 is 20.1 Å². The van der Waals surface area contributed by atoms with Crippen LogP contribution in [0.25, 0.3) is 10.9 Å². The van der Waals surface area contributed by atoms with Crippen molar-refractivity contribution in [2.24, 2.45) is 5.92 Å². The predicted octanol–water partition coefficient (Wildman–Crippen LogP) is 4.40. The van der Waals surface area contributed by atoms with Crippen molar-refractivity contribution in [3.05, 3.63) is 42.4 Å². The van der Waals surface area contributed by atoms with Gasteiger partial charge in [-0.15, -0.1) is 0 Å². The van der Waals surface area contributed by atoms with E-state index in [1.54, 1.807) is 25.7 Å². The van der Waals surface area contributed by atoms with Gasteiger partial charge in [0.15, 0.2) is 0 Å². The van der Waals surface area contributed by atoms with Gasteiger partial charge in [-0.25, -0.2) is 19.9 Å². The van der Waals surface area contributed by atoms with Crippen LogP contribution in [0.4, 0.5) is 11.8 Å². The molecule has 3 heterocycles. The molecule has 1 saturated carbocycles. The van der Waals surface area contributed by atoms with Gasteiger partial charge in [-0.1, -0.05) is 0 Å². The third-order valence-corrected chi connectivity index (χ3v) is 5.99. The van der Waals surface area contributed by atoms with Gasteiger partial charge in [0.25, 0.3) is 0 Å². The van der Waals surface area contributed by atoms with E-state index in [-0.39, 0.29) is 12.4 Å². The summed E-state index contributed by atoms with van der Waals surface area (Å²) in [6, 6.07) is 6.38. The lowest BCUT2D eigenvalue weighted by atomic mass is 9.86. The second-order valence-corrected chi connectivity index (χ2v) is 10.0. The van der Waals surface area contributed by atoms with Gasteiger partial charge in [0.2, 0.25) is 11.8 Å². The number of fused-ring (bicyclic) bond motifs is 1. The molecule has 35 heavy (non-hydrogen) atoms. The van der Waals surface area contributed by atoms with Gasteiger partial charge in [0, 0.05) is 42.1 Å². The molecule has 0 saturated heterocycles. The number of esters is 1. The van der Waals surface area contributed by atoms with Crippen LogP contribution in [0.5, 0.6) is 5.88 Å². The van der Waals surface area contributed by atoms with Crippen LogP contribution in [-0.4, -0.2) is 51.2 Å². The first-order valence-corrected chi connectivity index (χ1v) is 12.1. The van der Waals surface area contributed by atoms with Crippen molar-refractivity contribution in [2.45, 2.75) is 64.5 Å². The van der Waals surface area contributed by atoms with E-state index in [2.05, 4.69) is 25.6 Å². The molecule has 9 heteroatoms. The van der Waals surface area contributed by atoms with Gasteiger partial charge in [0.1, 0.15) is 16.9 Å². The highest BCUT2D eigenvalue weighted by molar-refractivity contribution is 5.84. The summed E-state index contributed by atoms with van der Waals surface area (Å²) in [5.41, 5.74) is 1.02. The molecule has 0 spiro atoms. The Morgan fingerprint density at radius 2 is 1.80 bits per heavy atom. The molecule has 0 aliphatic heterocycles. The average Bonchev–Trinajstić information content (AvgIpc) is 2.83. The highest BCUT2D eigenvalue weighted by Crippen LogP contribution is 2.28. The van der Waals surface area contributed by atoms with Crippen LogP contribution >= 0.6 is 0 Å². The molecule has 3 aromatic heterocycles. The number of carbonyl (C=O) groups is 1. The monoisotopic (exact) mass is 478 g/mol. The largest absolute Gasteiger partial charge is 0.479 e. The predicted molar refractivity (Wildman–Crippen MR) is 136 cm³/mol. The molecule has 0 amide bonds. The summed E-state index contributed by atoms with van der Waals surface area (Å²) >= 11 is 0. The maximum absolute atomic E-state index is 12.0. The highest BCUT2D eigenvalue weighted by Gasteiger charge is 2.22. The van der Waals surface area contributed by atoms with E-state index in [1.165, 1.54) is 0 Å². The molecule has 1 aliphatic rings. The van der Waals surface area contributed by atoms with E-state index >= 15 is 0 Å². The Balaban J connectivity index is 1.22. The zero-order valence-electron chi connectivity index (χ0n) is 20.9. The zero-order valence-corrected chi connectivity index (χ0v) is 20.9. The quantitative estimate of drug-likeness (QED) is 0.455. The van der Waals surface area contributed by atoms with Gasteiger partial charge >= 0.3 is 5.97 Å². The van der Waals surface area contributed by atoms with Gasteiger partial charge in [-0.05, 0) is 70.6 Å². The summed E-state index contributed by atoms with van der Waals surface area (Å²) in [6.07, 6.45) is 9.64. The number of anilines is 2. The van der Waals surface area contributed by atoms with Crippen molar-refractivity contribution >= 4 is 28.6 Å². The van der Waals surface area contributed by atoms with Crippen molar-refractivity contribution in [2.75, 3.05) is 24.3 Å². The second-order valence-electron chi connectivity index (χ2n) is 10.0. The number of aromatic nitrogens is 4. The van der Waals surface area contributed by atoms with E-state index in [0.717, 1.165) is 54.5 Å². The first-order chi connectivity index (χ1) is 16.8. The first-order valence-electron chi connectivity index (χ1n) is 12.1. The molecule has 0 unspecified atom stereocenters. The number of methoxy groups -OCH3 is 1. The summed E-state index contributed by atoms with van der Waals surface area (Å²) < 4.78 is 10.7. The fourth-order valence-corrected chi connectivity index (χ4v) is 4.29. The Labute approximate surface area is 206 Å². The Kier molecular flexibility index (Phi) is 7.63. The van der Waals surface area contributed by atoms with E-state index in [0.29, 0.717) is 23.8 Å². The molecular weight excluding hydrogens is 444 g/mol. The lowest BCUT2D eigenvalue weighted by Gasteiger charge is -2.29. The molecule has 0 atom stereocenters. The van der Waals surface area contributed by atoms with Gasteiger partial charge in [0.05, 0.1) is 13.5 Å². The third kappa shape index (κ3) is 7.00.